The summed E-state index contributed by atoms with van der Waals surface area (Å²) < 4.78 is 0. The predicted octanol–water partition coefficient (Wildman–Crippen LogP) is 2.14. The van der Waals surface area contributed by atoms with Gasteiger partial charge in [0.05, 0.1) is 22.8 Å². The van der Waals surface area contributed by atoms with Gasteiger partial charge in [-0.05, 0) is 49.9 Å². The van der Waals surface area contributed by atoms with Crippen molar-refractivity contribution in [1.82, 2.24) is 9.97 Å². The average molecular weight is 348 g/mol. The van der Waals surface area contributed by atoms with Crippen LogP contribution in [0.25, 0.3) is 0 Å². The van der Waals surface area contributed by atoms with E-state index in [-0.39, 0.29) is 23.9 Å². The first-order valence-corrected chi connectivity index (χ1v) is 9.23. The second-order valence-corrected chi connectivity index (χ2v) is 7.10. The fourth-order valence-corrected chi connectivity index (χ4v) is 4.00. The summed E-state index contributed by atoms with van der Waals surface area (Å²) in [5.74, 6) is 0.468. The van der Waals surface area contributed by atoms with Crippen LogP contribution in [0.5, 0.6) is 0 Å². The first kappa shape index (κ1) is 17.0. The van der Waals surface area contributed by atoms with Crippen molar-refractivity contribution in [2.45, 2.75) is 37.8 Å². The van der Waals surface area contributed by atoms with Gasteiger partial charge in [0, 0.05) is 36.3 Å². The van der Waals surface area contributed by atoms with E-state index in [0.717, 1.165) is 48.5 Å². The van der Waals surface area contributed by atoms with Gasteiger partial charge in [0.25, 0.3) is 0 Å². The highest BCUT2D eigenvalue weighted by molar-refractivity contribution is 6.10. The van der Waals surface area contributed by atoms with E-state index in [2.05, 4.69) is 20.2 Å². The van der Waals surface area contributed by atoms with Gasteiger partial charge in [-0.3, -0.25) is 9.97 Å². The smallest absolute Gasteiger partial charge is 0.0924 e. The number of nitrogens with zero attached hydrogens (tertiary/aromatic N) is 4. The van der Waals surface area contributed by atoms with E-state index in [1.54, 1.807) is 12.4 Å². The van der Waals surface area contributed by atoms with Crippen LogP contribution in [0.1, 0.15) is 37.1 Å². The molecule has 26 heavy (non-hydrogen) atoms. The van der Waals surface area contributed by atoms with Crippen molar-refractivity contribution in [3.63, 3.8) is 0 Å². The second kappa shape index (κ2) is 7.43. The molecule has 0 aromatic carbocycles. The Morgan fingerprint density at radius 2 is 1.12 bits per heavy atom. The van der Waals surface area contributed by atoms with Crippen molar-refractivity contribution in [3.8, 4) is 0 Å². The molecule has 0 radical (unpaired) electrons. The average Bonchev–Trinajstić information content (AvgIpc) is 2.70. The van der Waals surface area contributed by atoms with E-state index in [4.69, 9.17) is 11.5 Å². The van der Waals surface area contributed by atoms with Crippen molar-refractivity contribution in [2.75, 3.05) is 0 Å². The monoisotopic (exact) mass is 348 g/mol. The molecule has 1 aliphatic heterocycles. The summed E-state index contributed by atoms with van der Waals surface area (Å²) in [6, 6.07) is 11.9. The van der Waals surface area contributed by atoms with E-state index in [0.29, 0.717) is 0 Å². The standard InChI is InChI=1S/C20H24N6/c21-15-9-7-13-14(8-10-16(15)22)20(18-6-2-4-12-24-18)26-25-19(13)17-5-1-3-11-23-17/h1-6,11-16H,7-10,21-22H2. The molecule has 6 heteroatoms. The lowest BCUT2D eigenvalue weighted by atomic mass is 9.73. The Bertz CT molecular complexity index is 732. The molecule has 2 aromatic heterocycles. The van der Waals surface area contributed by atoms with Crippen LogP contribution in [0.2, 0.25) is 0 Å². The Morgan fingerprint density at radius 3 is 1.50 bits per heavy atom. The van der Waals surface area contributed by atoms with Crippen LogP contribution < -0.4 is 11.5 Å². The minimum atomic E-state index is 0.0260. The molecule has 134 valence electrons. The zero-order chi connectivity index (χ0) is 17.9. The lowest BCUT2D eigenvalue weighted by Gasteiger charge is -2.35. The number of rotatable bonds is 2. The van der Waals surface area contributed by atoms with Crippen LogP contribution in [-0.2, 0) is 0 Å². The lowest BCUT2D eigenvalue weighted by molar-refractivity contribution is 0.336. The third-order valence-electron chi connectivity index (χ3n) is 5.48. The van der Waals surface area contributed by atoms with Crippen LogP contribution in [0.4, 0.5) is 0 Å². The number of pyridine rings is 2. The lowest BCUT2D eigenvalue weighted by Crippen LogP contribution is -2.46. The summed E-state index contributed by atoms with van der Waals surface area (Å²) in [6.45, 7) is 0. The molecule has 0 bridgehead atoms. The van der Waals surface area contributed by atoms with E-state index < -0.39 is 0 Å². The van der Waals surface area contributed by atoms with Crippen LogP contribution in [-0.4, -0.2) is 33.5 Å². The molecule has 4 N–H and O–H groups in total. The van der Waals surface area contributed by atoms with E-state index in [9.17, 15) is 0 Å². The molecule has 1 aliphatic carbocycles. The van der Waals surface area contributed by atoms with E-state index in [1.165, 1.54) is 0 Å². The zero-order valence-electron chi connectivity index (χ0n) is 14.7. The molecule has 2 aliphatic rings. The van der Waals surface area contributed by atoms with Crippen molar-refractivity contribution in [2.24, 2.45) is 33.5 Å². The Morgan fingerprint density at radius 1 is 0.654 bits per heavy atom. The first-order valence-electron chi connectivity index (χ1n) is 9.23. The maximum atomic E-state index is 6.28. The highest BCUT2D eigenvalue weighted by atomic mass is 15.2. The van der Waals surface area contributed by atoms with Crippen LogP contribution in [0, 0.1) is 11.8 Å². The zero-order valence-corrected chi connectivity index (χ0v) is 14.7. The molecule has 6 nitrogen and oxygen atoms in total. The quantitative estimate of drug-likeness (QED) is 0.868. The molecular weight excluding hydrogens is 324 g/mol. The van der Waals surface area contributed by atoms with Crippen molar-refractivity contribution in [1.29, 1.82) is 0 Å². The van der Waals surface area contributed by atoms with Crippen molar-refractivity contribution in [3.05, 3.63) is 60.2 Å². The molecular formula is C20H24N6. The summed E-state index contributed by atoms with van der Waals surface area (Å²) in [4.78, 5) is 9.02. The summed E-state index contributed by atoms with van der Waals surface area (Å²) >= 11 is 0. The predicted molar refractivity (Wildman–Crippen MR) is 103 cm³/mol. The summed E-state index contributed by atoms with van der Waals surface area (Å²) in [5.41, 5.74) is 16.3. The van der Waals surface area contributed by atoms with Gasteiger partial charge in [-0.1, -0.05) is 12.1 Å². The number of nitrogens with two attached hydrogens (primary N) is 2. The Labute approximate surface area is 153 Å². The number of hydrogen-bond acceptors (Lipinski definition) is 6. The Kier molecular flexibility index (Phi) is 4.86. The molecule has 2 aromatic rings. The fourth-order valence-electron chi connectivity index (χ4n) is 4.00. The molecule has 1 saturated carbocycles. The Hall–Kier alpha value is -2.44. The number of hydrogen-bond donors (Lipinski definition) is 2. The van der Waals surface area contributed by atoms with Crippen molar-refractivity contribution < 1.29 is 0 Å². The molecule has 3 heterocycles. The van der Waals surface area contributed by atoms with Crippen LogP contribution in [0.3, 0.4) is 0 Å². The Balaban J connectivity index is 1.76. The summed E-state index contributed by atoms with van der Waals surface area (Å²) in [7, 11) is 0. The summed E-state index contributed by atoms with van der Waals surface area (Å²) in [5, 5.41) is 9.18. The first-order chi connectivity index (χ1) is 12.7. The maximum absolute atomic E-state index is 6.28. The van der Waals surface area contributed by atoms with Gasteiger partial charge in [0.2, 0.25) is 0 Å². The molecule has 0 amide bonds. The minimum Gasteiger partial charge on any atom is -0.326 e. The van der Waals surface area contributed by atoms with E-state index in [1.807, 2.05) is 36.4 Å². The van der Waals surface area contributed by atoms with Gasteiger partial charge < -0.3 is 11.5 Å². The second-order valence-electron chi connectivity index (χ2n) is 7.10. The molecule has 0 saturated heterocycles. The van der Waals surface area contributed by atoms with Gasteiger partial charge in [-0.25, -0.2) is 0 Å². The largest absolute Gasteiger partial charge is 0.326 e. The highest BCUT2D eigenvalue weighted by Crippen LogP contribution is 2.35. The number of aromatic nitrogens is 2. The fraction of sp³-hybridized carbons (Fsp3) is 0.400. The SMILES string of the molecule is NC1CCC2C(c3ccccn3)=NN=C(c3ccccn3)C2CCC1N. The van der Waals surface area contributed by atoms with Gasteiger partial charge in [0.15, 0.2) is 0 Å². The normalized spacial score (nSPS) is 29.0. The topological polar surface area (TPSA) is 103 Å². The van der Waals surface area contributed by atoms with Gasteiger partial charge in [-0.2, -0.15) is 10.2 Å². The molecule has 1 fully saturated rings. The third kappa shape index (κ3) is 3.30. The van der Waals surface area contributed by atoms with Gasteiger partial charge >= 0.3 is 0 Å². The van der Waals surface area contributed by atoms with E-state index >= 15 is 0 Å². The third-order valence-corrected chi connectivity index (χ3v) is 5.48. The van der Waals surface area contributed by atoms with Crippen LogP contribution in [0.15, 0.2) is 59.0 Å². The molecule has 4 atom stereocenters. The molecule has 0 spiro atoms. The summed E-state index contributed by atoms with van der Waals surface area (Å²) in [6.07, 6.45) is 7.22. The van der Waals surface area contributed by atoms with Gasteiger partial charge in [-0.15, -0.1) is 0 Å². The van der Waals surface area contributed by atoms with Crippen molar-refractivity contribution >= 4 is 11.4 Å². The number of fused-ring (bicyclic) bond motifs is 1. The highest BCUT2D eigenvalue weighted by Gasteiger charge is 2.37. The maximum Gasteiger partial charge on any atom is 0.0924 e. The van der Waals surface area contributed by atoms with Crippen LogP contribution >= 0.6 is 0 Å². The minimum absolute atomic E-state index is 0.0260. The molecule has 4 unspecified atom stereocenters. The van der Waals surface area contributed by atoms with Gasteiger partial charge in [0.1, 0.15) is 0 Å². The molecule has 4 rings (SSSR count).